The quantitative estimate of drug-likeness (QED) is 0.230. The van der Waals surface area contributed by atoms with E-state index in [4.69, 9.17) is 5.21 Å². The van der Waals surface area contributed by atoms with Crippen molar-refractivity contribution < 1.29 is 29.5 Å². The molecule has 0 unspecified atom stereocenters. The first kappa shape index (κ1) is 27.1. The van der Waals surface area contributed by atoms with Crippen molar-refractivity contribution in [2.24, 2.45) is 17.8 Å². The molecule has 178 valence electrons. The number of aliphatic carboxylic acids is 1. The highest BCUT2D eigenvalue weighted by Gasteiger charge is 2.32. The summed E-state index contributed by atoms with van der Waals surface area (Å²) in [4.78, 5) is 49.3. The van der Waals surface area contributed by atoms with E-state index in [0.717, 1.165) is 5.56 Å². The number of amides is 3. The Morgan fingerprint density at radius 1 is 0.969 bits per heavy atom. The lowest BCUT2D eigenvalue weighted by atomic mass is 9.92. The average molecular weight is 450 g/mol. The van der Waals surface area contributed by atoms with Crippen LogP contribution < -0.4 is 16.1 Å². The van der Waals surface area contributed by atoms with Crippen molar-refractivity contribution in [3.8, 4) is 0 Å². The largest absolute Gasteiger partial charge is 0.480 e. The Balaban J connectivity index is 3.04. The molecule has 0 aliphatic heterocycles. The summed E-state index contributed by atoms with van der Waals surface area (Å²) in [5.41, 5.74) is 2.36. The van der Waals surface area contributed by atoms with Gasteiger partial charge in [0.15, 0.2) is 0 Å². The van der Waals surface area contributed by atoms with E-state index in [0.29, 0.717) is 6.42 Å². The zero-order valence-electron chi connectivity index (χ0n) is 19.1. The summed E-state index contributed by atoms with van der Waals surface area (Å²) in [6, 6.07) is 7.07. The number of hydrogen-bond donors (Lipinski definition) is 5. The molecule has 1 rings (SSSR count). The van der Waals surface area contributed by atoms with Crippen LogP contribution in [0.2, 0.25) is 0 Å². The standard InChI is InChI=1S/C23H35N3O6/c1-5-15(4)20(22(29)24-18(23(30)31)11-14(2)3)25-21(28)17(13-19(27)26-32)12-16-9-7-6-8-10-16/h6-10,14-15,17-18,20,32H,5,11-13H2,1-4H3,(H,24,29)(H,25,28)(H,26,27)(H,30,31)/t15-,17-,18+,20-/m1/s1. The number of carbonyl (C=O) groups excluding carboxylic acids is 3. The van der Waals surface area contributed by atoms with Gasteiger partial charge in [0.25, 0.3) is 0 Å². The number of carbonyl (C=O) groups is 4. The van der Waals surface area contributed by atoms with Gasteiger partial charge in [-0.3, -0.25) is 19.6 Å². The highest BCUT2D eigenvalue weighted by Crippen LogP contribution is 2.16. The molecule has 3 amide bonds. The highest BCUT2D eigenvalue weighted by atomic mass is 16.5. The Morgan fingerprint density at radius 3 is 2.09 bits per heavy atom. The number of benzene rings is 1. The second-order valence-corrected chi connectivity index (χ2v) is 8.53. The third-order valence-corrected chi connectivity index (χ3v) is 5.37. The molecule has 0 aliphatic carbocycles. The molecule has 0 bridgehead atoms. The lowest BCUT2D eigenvalue weighted by Crippen LogP contribution is -2.55. The van der Waals surface area contributed by atoms with E-state index in [1.54, 1.807) is 6.92 Å². The van der Waals surface area contributed by atoms with Crippen LogP contribution in [0.4, 0.5) is 0 Å². The van der Waals surface area contributed by atoms with Crippen LogP contribution in [-0.4, -0.2) is 46.1 Å². The smallest absolute Gasteiger partial charge is 0.326 e. The van der Waals surface area contributed by atoms with Crippen molar-refractivity contribution in [3.63, 3.8) is 0 Å². The van der Waals surface area contributed by atoms with Crippen LogP contribution in [0.1, 0.15) is 52.5 Å². The number of nitrogens with one attached hydrogen (secondary N) is 3. The number of carboxylic acids is 1. The number of carboxylic acid groups (broad SMARTS) is 1. The second kappa shape index (κ2) is 13.5. The van der Waals surface area contributed by atoms with Crippen LogP contribution in [0.25, 0.3) is 0 Å². The Bertz CT molecular complexity index is 768. The van der Waals surface area contributed by atoms with E-state index >= 15 is 0 Å². The summed E-state index contributed by atoms with van der Waals surface area (Å²) in [5.74, 6) is -3.98. The van der Waals surface area contributed by atoms with Crippen LogP contribution >= 0.6 is 0 Å². The first-order chi connectivity index (χ1) is 15.1. The van der Waals surface area contributed by atoms with Gasteiger partial charge < -0.3 is 15.7 Å². The van der Waals surface area contributed by atoms with Crippen LogP contribution in [0.3, 0.4) is 0 Å². The first-order valence-electron chi connectivity index (χ1n) is 10.9. The predicted octanol–water partition coefficient (Wildman–Crippen LogP) is 1.89. The van der Waals surface area contributed by atoms with E-state index in [1.165, 1.54) is 5.48 Å². The normalized spacial score (nSPS) is 14.7. The zero-order valence-corrected chi connectivity index (χ0v) is 19.1. The third-order valence-electron chi connectivity index (χ3n) is 5.37. The molecule has 0 radical (unpaired) electrons. The van der Waals surface area contributed by atoms with Gasteiger partial charge >= 0.3 is 5.97 Å². The van der Waals surface area contributed by atoms with Gasteiger partial charge in [0, 0.05) is 6.42 Å². The van der Waals surface area contributed by atoms with Crippen LogP contribution in [0.5, 0.6) is 0 Å². The van der Waals surface area contributed by atoms with Crippen LogP contribution in [-0.2, 0) is 25.6 Å². The van der Waals surface area contributed by atoms with Gasteiger partial charge in [-0.25, -0.2) is 10.3 Å². The maximum atomic E-state index is 13.1. The first-order valence-corrected chi connectivity index (χ1v) is 10.9. The predicted molar refractivity (Wildman–Crippen MR) is 119 cm³/mol. The molecular weight excluding hydrogens is 414 g/mol. The summed E-state index contributed by atoms with van der Waals surface area (Å²) >= 11 is 0. The van der Waals surface area contributed by atoms with Gasteiger partial charge in [-0.1, -0.05) is 64.4 Å². The molecule has 0 saturated heterocycles. The molecule has 9 heteroatoms. The highest BCUT2D eigenvalue weighted by molar-refractivity contribution is 5.92. The van der Waals surface area contributed by atoms with Crippen molar-refractivity contribution in [3.05, 3.63) is 35.9 Å². The minimum atomic E-state index is -1.14. The summed E-state index contributed by atoms with van der Waals surface area (Å²) < 4.78 is 0. The van der Waals surface area contributed by atoms with Crippen LogP contribution in [0, 0.1) is 17.8 Å². The zero-order chi connectivity index (χ0) is 24.3. The van der Waals surface area contributed by atoms with Crippen molar-refractivity contribution in [2.45, 2.75) is 65.5 Å². The van der Waals surface area contributed by atoms with Gasteiger partial charge in [-0.15, -0.1) is 0 Å². The molecule has 0 aliphatic rings. The fraction of sp³-hybridized carbons (Fsp3) is 0.565. The molecule has 5 N–H and O–H groups in total. The van der Waals surface area contributed by atoms with E-state index < -0.39 is 41.7 Å². The van der Waals surface area contributed by atoms with Gasteiger partial charge in [0.05, 0.1) is 5.92 Å². The fourth-order valence-electron chi connectivity index (χ4n) is 3.35. The van der Waals surface area contributed by atoms with Gasteiger partial charge in [-0.05, 0) is 30.2 Å². The molecule has 0 heterocycles. The van der Waals surface area contributed by atoms with E-state index in [-0.39, 0.29) is 31.1 Å². The molecule has 1 aromatic rings. The lowest BCUT2D eigenvalue weighted by Gasteiger charge is -2.27. The molecule has 0 aromatic heterocycles. The van der Waals surface area contributed by atoms with Gasteiger partial charge in [-0.2, -0.15) is 0 Å². The molecule has 32 heavy (non-hydrogen) atoms. The lowest BCUT2D eigenvalue weighted by molar-refractivity contribution is -0.143. The Labute approximate surface area is 188 Å². The number of rotatable bonds is 13. The molecular formula is C23H35N3O6. The topological polar surface area (TPSA) is 145 Å². The van der Waals surface area contributed by atoms with Crippen molar-refractivity contribution >= 4 is 23.7 Å². The molecule has 1 aromatic carbocycles. The minimum Gasteiger partial charge on any atom is -0.480 e. The minimum absolute atomic E-state index is 0.0558. The van der Waals surface area contributed by atoms with Gasteiger partial charge in [0.1, 0.15) is 12.1 Å². The molecule has 9 nitrogen and oxygen atoms in total. The van der Waals surface area contributed by atoms with Crippen molar-refractivity contribution in [1.29, 1.82) is 0 Å². The number of hydroxylamine groups is 1. The Morgan fingerprint density at radius 2 is 1.59 bits per heavy atom. The van der Waals surface area contributed by atoms with Crippen molar-refractivity contribution in [1.82, 2.24) is 16.1 Å². The Kier molecular flexibility index (Phi) is 11.4. The Hall–Kier alpha value is -2.94. The summed E-state index contributed by atoms with van der Waals surface area (Å²) in [7, 11) is 0. The second-order valence-electron chi connectivity index (χ2n) is 8.53. The monoisotopic (exact) mass is 449 g/mol. The number of hydrogen-bond acceptors (Lipinski definition) is 5. The summed E-state index contributed by atoms with van der Waals surface area (Å²) in [5, 5.41) is 23.6. The van der Waals surface area contributed by atoms with E-state index in [2.05, 4.69) is 10.6 Å². The van der Waals surface area contributed by atoms with Crippen LogP contribution in [0.15, 0.2) is 30.3 Å². The summed E-state index contributed by atoms with van der Waals surface area (Å²) in [6.07, 6.45) is 0.799. The summed E-state index contributed by atoms with van der Waals surface area (Å²) in [6.45, 7) is 7.36. The van der Waals surface area contributed by atoms with Gasteiger partial charge in [0.2, 0.25) is 17.7 Å². The third kappa shape index (κ3) is 9.05. The average Bonchev–Trinajstić information content (AvgIpc) is 2.75. The van der Waals surface area contributed by atoms with Crippen molar-refractivity contribution in [2.75, 3.05) is 0 Å². The molecule has 0 fully saturated rings. The van der Waals surface area contributed by atoms with E-state index in [1.807, 2.05) is 51.1 Å². The fourth-order valence-corrected chi connectivity index (χ4v) is 3.35. The molecule has 0 saturated carbocycles. The maximum Gasteiger partial charge on any atom is 0.326 e. The molecule has 4 atom stereocenters. The van der Waals surface area contributed by atoms with E-state index in [9.17, 15) is 24.3 Å². The maximum absolute atomic E-state index is 13.1. The SMILES string of the molecule is CC[C@@H](C)[C@@H](NC(=O)[C@@H](CC(=O)NO)Cc1ccccc1)C(=O)N[C@@H](CC(C)C)C(=O)O. The molecule has 0 spiro atoms.